The van der Waals surface area contributed by atoms with Crippen molar-refractivity contribution in [3.05, 3.63) is 6.33 Å². The summed E-state index contributed by atoms with van der Waals surface area (Å²) in [4.78, 5) is 8.23. The summed E-state index contributed by atoms with van der Waals surface area (Å²) in [6, 6.07) is 0.523. The molecule has 0 radical (unpaired) electrons. The molecule has 0 aliphatic heterocycles. The first-order valence-electron chi connectivity index (χ1n) is 4.15. The molecule has 0 aliphatic rings. The van der Waals surface area contributed by atoms with Crippen LogP contribution in [0.15, 0.2) is 6.33 Å². The molecular formula is C8H12N5O+. The van der Waals surface area contributed by atoms with Gasteiger partial charge in [0.2, 0.25) is 17.7 Å². The highest BCUT2D eigenvalue weighted by Gasteiger charge is 2.19. The van der Waals surface area contributed by atoms with Crippen LogP contribution in [0.2, 0.25) is 0 Å². The molecular weight excluding hydrogens is 182 g/mol. The second kappa shape index (κ2) is 2.83. The Morgan fingerprint density at radius 3 is 2.86 bits per heavy atom. The largest absolute Gasteiger partial charge is 0.457 e. The molecule has 0 saturated carbocycles. The van der Waals surface area contributed by atoms with Gasteiger partial charge in [-0.1, -0.05) is 4.98 Å². The standard InChI is InChI=1S/C8H11N5O/c1-12-4-10-6(9)5-7(12)13(2)8(11-5)14-3/h4,9H,1-3H3/p+1. The molecule has 0 saturated heterocycles. The lowest BCUT2D eigenvalue weighted by Crippen LogP contribution is -2.31. The molecule has 2 aromatic heterocycles. The summed E-state index contributed by atoms with van der Waals surface area (Å²) in [7, 11) is 5.33. The van der Waals surface area contributed by atoms with Crippen LogP contribution < -0.4 is 15.0 Å². The summed E-state index contributed by atoms with van der Waals surface area (Å²) >= 11 is 0. The third kappa shape index (κ3) is 1.00. The van der Waals surface area contributed by atoms with Gasteiger partial charge in [-0.2, -0.15) is 4.98 Å². The number of hydrogen-bond donors (Lipinski definition) is 1. The zero-order chi connectivity index (χ0) is 10.3. The Bertz CT molecular complexity index is 490. The van der Waals surface area contributed by atoms with Crippen molar-refractivity contribution >= 4 is 17.0 Å². The Balaban J connectivity index is 2.90. The van der Waals surface area contributed by atoms with Gasteiger partial charge >= 0.3 is 6.01 Å². The smallest absolute Gasteiger partial charge is 0.360 e. The van der Waals surface area contributed by atoms with Gasteiger partial charge in [0, 0.05) is 0 Å². The molecule has 2 aromatic rings. The van der Waals surface area contributed by atoms with Crippen LogP contribution in [0.4, 0.5) is 5.82 Å². The number of nitrogens with zero attached hydrogens (tertiary/aromatic N) is 4. The molecule has 6 heteroatoms. The van der Waals surface area contributed by atoms with E-state index in [4.69, 9.17) is 10.5 Å². The van der Waals surface area contributed by atoms with Crippen molar-refractivity contribution in [2.24, 2.45) is 14.1 Å². The third-order valence-electron chi connectivity index (χ3n) is 2.15. The Morgan fingerprint density at radius 2 is 2.29 bits per heavy atom. The summed E-state index contributed by atoms with van der Waals surface area (Å²) in [5.41, 5.74) is 7.25. The van der Waals surface area contributed by atoms with E-state index in [0.717, 1.165) is 5.65 Å². The van der Waals surface area contributed by atoms with E-state index in [0.29, 0.717) is 17.3 Å². The number of imidazole rings is 1. The monoisotopic (exact) mass is 194 g/mol. The number of rotatable bonds is 1. The van der Waals surface area contributed by atoms with Gasteiger partial charge in [-0.3, -0.25) is 0 Å². The van der Waals surface area contributed by atoms with Crippen LogP contribution in [0.5, 0.6) is 6.01 Å². The van der Waals surface area contributed by atoms with E-state index in [1.165, 1.54) is 0 Å². The zero-order valence-corrected chi connectivity index (χ0v) is 8.35. The van der Waals surface area contributed by atoms with Crippen molar-refractivity contribution in [1.82, 2.24) is 14.5 Å². The van der Waals surface area contributed by atoms with Crippen molar-refractivity contribution < 1.29 is 9.30 Å². The Labute approximate surface area is 80.9 Å². The van der Waals surface area contributed by atoms with Crippen molar-refractivity contribution in [3.8, 4) is 6.01 Å². The fraction of sp³-hybridized carbons (Fsp3) is 0.375. The Morgan fingerprint density at radius 1 is 1.57 bits per heavy atom. The lowest BCUT2D eigenvalue weighted by atomic mass is 10.5. The van der Waals surface area contributed by atoms with E-state index in [1.807, 2.05) is 23.2 Å². The number of nitrogens with two attached hydrogens (primary N) is 1. The molecule has 0 atom stereocenters. The van der Waals surface area contributed by atoms with Gasteiger partial charge in [0.05, 0.1) is 21.2 Å². The van der Waals surface area contributed by atoms with Gasteiger partial charge < -0.3 is 10.5 Å². The highest BCUT2D eigenvalue weighted by atomic mass is 16.5. The molecule has 2 N–H and O–H groups in total. The van der Waals surface area contributed by atoms with E-state index in [1.54, 1.807) is 13.4 Å². The maximum absolute atomic E-state index is 5.71. The number of nitrogen functional groups attached to an aromatic ring is 1. The summed E-state index contributed by atoms with van der Waals surface area (Å²) in [6.45, 7) is 0. The zero-order valence-electron chi connectivity index (χ0n) is 8.35. The first kappa shape index (κ1) is 8.74. The molecule has 0 aliphatic carbocycles. The summed E-state index contributed by atoms with van der Waals surface area (Å²) in [5.74, 6) is 0.414. The van der Waals surface area contributed by atoms with Crippen LogP contribution in [-0.4, -0.2) is 21.6 Å². The van der Waals surface area contributed by atoms with E-state index >= 15 is 0 Å². The lowest BCUT2D eigenvalue weighted by Gasteiger charge is -1.96. The molecule has 0 fully saturated rings. The van der Waals surface area contributed by atoms with Crippen molar-refractivity contribution in [1.29, 1.82) is 0 Å². The van der Waals surface area contributed by atoms with Gasteiger partial charge in [-0.15, -0.1) is 0 Å². The number of hydrogen-bond acceptors (Lipinski definition) is 4. The number of anilines is 1. The van der Waals surface area contributed by atoms with Crippen LogP contribution in [0.25, 0.3) is 11.2 Å². The maximum Gasteiger partial charge on any atom is 0.360 e. The molecule has 0 amide bonds. The fourth-order valence-corrected chi connectivity index (χ4v) is 1.49. The number of ether oxygens (including phenoxy) is 1. The van der Waals surface area contributed by atoms with Gasteiger partial charge in [-0.25, -0.2) is 9.13 Å². The second-order valence-corrected chi connectivity index (χ2v) is 3.07. The predicted molar refractivity (Wildman–Crippen MR) is 50.6 cm³/mol. The minimum Gasteiger partial charge on any atom is -0.457 e. The molecule has 2 heterocycles. The Kier molecular flexibility index (Phi) is 1.77. The van der Waals surface area contributed by atoms with Gasteiger partial charge in [0.25, 0.3) is 5.65 Å². The Hall–Kier alpha value is -1.85. The van der Waals surface area contributed by atoms with Crippen LogP contribution >= 0.6 is 0 Å². The number of fused-ring (bicyclic) bond motifs is 1. The number of aromatic nitrogens is 4. The molecule has 0 spiro atoms. The first-order valence-corrected chi connectivity index (χ1v) is 4.15. The van der Waals surface area contributed by atoms with Crippen LogP contribution in [0.3, 0.4) is 0 Å². The number of methoxy groups -OCH3 is 1. The van der Waals surface area contributed by atoms with Crippen LogP contribution in [0, 0.1) is 0 Å². The molecule has 0 bridgehead atoms. The van der Waals surface area contributed by atoms with Gasteiger partial charge in [0.1, 0.15) is 0 Å². The molecule has 74 valence electrons. The number of aryl methyl sites for hydroxylation is 2. The maximum atomic E-state index is 5.71. The minimum atomic E-state index is 0.414. The normalized spacial score (nSPS) is 10.8. The van der Waals surface area contributed by atoms with Gasteiger partial charge in [-0.05, 0) is 0 Å². The van der Waals surface area contributed by atoms with Crippen LogP contribution in [-0.2, 0) is 14.1 Å². The molecule has 0 aromatic carbocycles. The first-order chi connectivity index (χ1) is 6.65. The summed E-state index contributed by atoms with van der Waals surface area (Å²) < 4.78 is 8.77. The third-order valence-corrected chi connectivity index (χ3v) is 2.15. The van der Waals surface area contributed by atoms with E-state index in [9.17, 15) is 0 Å². The fourth-order valence-electron chi connectivity index (χ4n) is 1.49. The van der Waals surface area contributed by atoms with Crippen molar-refractivity contribution in [2.45, 2.75) is 0 Å². The minimum absolute atomic E-state index is 0.414. The SMILES string of the molecule is COc1nc2c(N)nc[n+](C)c2n1C. The molecule has 6 nitrogen and oxygen atoms in total. The summed E-state index contributed by atoms with van der Waals surface area (Å²) in [5, 5.41) is 0. The highest BCUT2D eigenvalue weighted by molar-refractivity contribution is 5.80. The van der Waals surface area contributed by atoms with E-state index in [-0.39, 0.29) is 0 Å². The highest BCUT2D eigenvalue weighted by Crippen LogP contribution is 2.19. The van der Waals surface area contributed by atoms with Crippen LogP contribution in [0.1, 0.15) is 0 Å². The van der Waals surface area contributed by atoms with Crippen molar-refractivity contribution in [2.75, 3.05) is 12.8 Å². The molecule has 2 rings (SSSR count). The topological polar surface area (TPSA) is 69.8 Å². The quantitative estimate of drug-likeness (QED) is 0.614. The van der Waals surface area contributed by atoms with E-state index in [2.05, 4.69) is 9.97 Å². The lowest BCUT2D eigenvalue weighted by molar-refractivity contribution is -0.650. The predicted octanol–water partition coefficient (Wildman–Crippen LogP) is -0.616. The second-order valence-electron chi connectivity index (χ2n) is 3.07. The molecule has 0 unspecified atom stereocenters. The molecule has 14 heavy (non-hydrogen) atoms. The summed E-state index contributed by atoms with van der Waals surface area (Å²) in [6.07, 6.45) is 1.65. The average molecular weight is 194 g/mol. The van der Waals surface area contributed by atoms with E-state index < -0.39 is 0 Å². The average Bonchev–Trinajstić information content (AvgIpc) is 2.51. The van der Waals surface area contributed by atoms with Crippen molar-refractivity contribution in [3.63, 3.8) is 0 Å². The van der Waals surface area contributed by atoms with Gasteiger partial charge in [0.15, 0.2) is 0 Å².